The standard InChI is InChI=1S/C11H13ClN4OS/c1-3-7-4-13-8(18-7)5-14-11-9(17-2)10(12)15-6-16-11/h4,6H,3,5H2,1-2H3,(H,14,15,16). The van der Waals surface area contributed by atoms with Crippen molar-refractivity contribution in [2.24, 2.45) is 0 Å². The molecule has 0 saturated carbocycles. The molecule has 0 radical (unpaired) electrons. The molecule has 2 heterocycles. The first-order valence-electron chi connectivity index (χ1n) is 5.46. The number of rotatable bonds is 5. The number of nitrogens with one attached hydrogen (secondary N) is 1. The minimum absolute atomic E-state index is 0.295. The fraction of sp³-hybridized carbons (Fsp3) is 0.364. The summed E-state index contributed by atoms with van der Waals surface area (Å²) in [6.07, 6.45) is 4.29. The van der Waals surface area contributed by atoms with E-state index in [4.69, 9.17) is 16.3 Å². The second-order valence-corrected chi connectivity index (χ2v) is 5.03. The number of nitrogens with zero attached hydrogens (tertiary/aromatic N) is 3. The fourth-order valence-electron chi connectivity index (χ4n) is 1.41. The molecular formula is C11H13ClN4OS. The van der Waals surface area contributed by atoms with Crippen LogP contribution in [0.4, 0.5) is 5.82 Å². The Morgan fingerprint density at radius 3 is 2.89 bits per heavy atom. The van der Waals surface area contributed by atoms with Crippen LogP contribution in [0.15, 0.2) is 12.5 Å². The van der Waals surface area contributed by atoms with Crippen LogP contribution in [0.5, 0.6) is 5.75 Å². The molecule has 96 valence electrons. The summed E-state index contributed by atoms with van der Waals surface area (Å²) in [7, 11) is 1.54. The van der Waals surface area contributed by atoms with Crippen molar-refractivity contribution in [1.29, 1.82) is 0 Å². The minimum atomic E-state index is 0.295. The molecular weight excluding hydrogens is 272 g/mol. The van der Waals surface area contributed by atoms with E-state index in [2.05, 4.69) is 27.2 Å². The lowest BCUT2D eigenvalue weighted by Crippen LogP contribution is -2.04. The summed E-state index contributed by atoms with van der Waals surface area (Å²) >= 11 is 7.59. The first-order chi connectivity index (χ1) is 8.74. The Morgan fingerprint density at radius 1 is 1.39 bits per heavy atom. The van der Waals surface area contributed by atoms with Crippen molar-refractivity contribution >= 4 is 28.8 Å². The monoisotopic (exact) mass is 284 g/mol. The number of aromatic nitrogens is 3. The maximum Gasteiger partial charge on any atom is 0.198 e. The molecule has 0 aromatic carbocycles. The van der Waals surface area contributed by atoms with Crippen molar-refractivity contribution in [1.82, 2.24) is 15.0 Å². The van der Waals surface area contributed by atoms with Gasteiger partial charge in [0.1, 0.15) is 11.3 Å². The number of hydrogen-bond donors (Lipinski definition) is 1. The molecule has 0 aliphatic rings. The van der Waals surface area contributed by atoms with E-state index in [1.165, 1.54) is 18.3 Å². The molecule has 0 unspecified atom stereocenters. The van der Waals surface area contributed by atoms with Gasteiger partial charge < -0.3 is 10.1 Å². The van der Waals surface area contributed by atoms with Crippen LogP contribution in [-0.4, -0.2) is 22.1 Å². The highest BCUT2D eigenvalue weighted by atomic mass is 35.5. The van der Waals surface area contributed by atoms with Crippen LogP contribution in [0.1, 0.15) is 16.8 Å². The smallest absolute Gasteiger partial charge is 0.198 e. The van der Waals surface area contributed by atoms with Crippen LogP contribution >= 0.6 is 22.9 Å². The first kappa shape index (κ1) is 13.0. The quantitative estimate of drug-likeness (QED) is 0.856. The number of anilines is 1. The molecule has 0 aliphatic heterocycles. The van der Waals surface area contributed by atoms with Gasteiger partial charge >= 0.3 is 0 Å². The summed E-state index contributed by atoms with van der Waals surface area (Å²) in [6, 6.07) is 0. The summed E-state index contributed by atoms with van der Waals surface area (Å²) in [6.45, 7) is 2.70. The molecule has 0 amide bonds. The van der Waals surface area contributed by atoms with Gasteiger partial charge in [-0.15, -0.1) is 11.3 Å². The predicted molar refractivity (Wildman–Crippen MR) is 72.4 cm³/mol. The molecule has 0 bridgehead atoms. The van der Waals surface area contributed by atoms with Gasteiger partial charge in [-0.05, 0) is 6.42 Å². The Balaban J connectivity index is 2.08. The lowest BCUT2D eigenvalue weighted by molar-refractivity contribution is 0.413. The maximum atomic E-state index is 5.91. The van der Waals surface area contributed by atoms with E-state index in [1.807, 2.05) is 6.20 Å². The summed E-state index contributed by atoms with van der Waals surface area (Å²) in [4.78, 5) is 13.5. The maximum absolute atomic E-state index is 5.91. The van der Waals surface area contributed by atoms with Gasteiger partial charge in [0.25, 0.3) is 0 Å². The molecule has 0 spiro atoms. The Bertz CT molecular complexity index is 532. The Hall–Kier alpha value is -1.40. The molecule has 2 aromatic rings. The van der Waals surface area contributed by atoms with Crippen LogP contribution in [0.2, 0.25) is 5.15 Å². The van der Waals surface area contributed by atoms with Gasteiger partial charge in [-0.25, -0.2) is 15.0 Å². The van der Waals surface area contributed by atoms with E-state index >= 15 is 0 Å². The van der Waals surface area contributed by atoms with Crippen molar-refractivity contribution in [3.8, 4) is 5.75 Å². The zero-order chi connectivity index (χ0) is 13.0. The first-order valence-corrected chi connectivity index (χ1v) is 6.66. The predicted octanol–water partition coefficient (Wildman–Crippen LogP) is 2.77. The molecule has 1 N–H and O–H groups in total. The van der Waals surface area contributed by atoms with E-state index in [0.29, 0.717) is 23.3 Å². The highest BCUT2D eigenvalue weighted by molar-refractivity contribution is 7.11. The van der Waals surface area contributed by atoms with Gasteiger partial charge in [0, 0.05) is 11.1 Å². The number of aryl methyl sites for hydroxylation is 1. The van der Waals surface area contributed by atoms with E-state index in [0.717, 1.165) is 11.4 Å². The van der Waals surface area contributed by atoms with Gasteiger partial charge in [-0.3, -0.25) is 0 Å². The topological polar surface area (TPSA) is 59.9 Å². The molecule has 0 aliphatic carbocycles. The fourth-order valence-corrected chi connectivity index (χ4v) is 2.42. The Morgan fingerprint density at radius 2 is 2.22 bits per heavy atom. The summed E-state index contributed by atoms with van der Waals surface area (Å²) in [5, 5.41) is 4.44. The third kappa shape index (κ3) is 2.88. The van der Waals surface area contributed by atoms with Crippen molar-refractivity contribution in [3.63, 3.8) is 0 Å². The number of thiazole rings is 1. The summed E-state index contributed by atoms with van der Waals surface area (Å²) in [5.41, 5.74) is 0. The third-order valence-corrected chi connectivity index (χ3v) is 3.73. The second-order valence-electron chi connectivity index (χ2n) is 3.47. The molecule has 7 heteroatoms. The van der Waals surface area contributed by atoms with Gasteiger partial charge in [0.2, 0.25) is 0 Å². The molecule has 0 saturated heterocycles. The van der Waals surface area contributed by atoms with Gasteiger partial charge in [0.05, 0.1) is 13.7 Å². The number of methoxy groups -OCH3 is 1. The molecule has 2 rings (SSSR count). The van der Waals surface area contributed by atoms with Gasteiger partial charge in [-0.1, -0.05) is 18.5 Å². The molecule has 18 heavy (non-hydrogen) atoms. The molecule has 0 atom stereocenters. The summed E-state index contributed by atoms with van der Waals surface area (Å²) in [5.74, 6) is 1.03. The van der Waals surface area contributed by atoms with Crippen molar-refractivity contribution in [3.05, 3.63) is 27.6 Å². The minimum Gasteiger partial charge on any atom is -0.490 e. The zero-order valence-electron chi connectivity index (χ0n) is 10.1. The average Bonchev–Trinajstić information content (AvgIpc) is 2.84. The Labute approximate surface area is 114 Å². The van der Waals surface area contributed by atoms with Crippen LogP contribution in [0.25, 0.3) is 0 Å². The summed E-state index contributed by atoms with van der Waals surface area (Å²) < 4.78 is 5.15. The normalized spacial score (nSPS) is 10.4. The largest absolute Gasteiger partial charge is 0.490 e. The molecule has 5 nitrogen and oxygen atoms in total. The average molecular weight is 285 g/mol. The third-order valence-electron chi connectivity index (χ3n) is 2.32. The van der Waals surface area contributed by atoms with Crippen LogP contribution in [0, 0.1) is 0 Å². The lowest BCUT2D eigenvalue weighted by atomic mass is 10.4. The van der Waals surface area contributed by atoms with E-state index in [9.17, 15) is 0 Å². The highest BCUT2D eigenvalue weighted by Crippen LogP contribution is 2.28. The number of halogens is 1. The lowest BCUT2D eigenvalue weighted by Gasteiger charge is -2.08. The Kier molecular flexibility index (Phi) is 4.33. The van der Waals surface area contributed by atoms with Gasteiger partial charge in [-0.2, -0.15) is 0 Å². The zero-order valence-corrected chi connectivity index (χ0v) is 11.7. The van der Waals surface area contributed by atoms with Crippen molar-refractivity contribution in [2.45, 2.75) is 19.9 Å². The SMILES string of the molecule is CCc1cnc(CNc2ncnc(Cl)c2OC)s1. The van der Waals surface area contributed by atoms with E-state index in [1.54, 1.807) is 11.3 Å². The molecule has 0 fully saturated rings. The number of hydrogen-bond acceptors (Lipinski definition) is 6. The van der Waals surface area contributed by atoms with Gasteiger partial charge in [0.15, 0.2) is 16.7 Å². The second kappa shape index (κ2) is 5.97. The van der Waals surface area contributed by atoms with Crippen LogP contribution < -0.4 is 10.1 Å². The van der Waals surface area contributed by atoms with Crippen LogP contribution in [0.3, 0.4) is 0 Å². The van der Waals surface area contributed by atoms with Crippen molar-refractivity contribution in [2.75, 3.05) is 12.4 Å². The number of ether oxygens (including phenoxy) is 1. The highest BCUT2D eigenvalue weighted by Gasteiger charge is 2.10. The van der Waals surface area contributed by atoms with E-state index < -0.39 is 0 Å². The molecule has 2 aromatic heterocycles. The van der Waals surface area contributed by atoms with Crippen molar-refractivity contribution < 1.29 is 4.74 Å². The van der Waals surface area contributed by atoms with Crippen LogP contribution in [-0.2, 0) is 13.0 Å². The van der Waals surface area contributed by atoms with E-state index in [-0.39, 0.29) is 0 Å².